The van der Waals surface area contributed by atoms with Gasteiger partial charge in [-0.05, 0) is 18.6 Å². The van der Waals surface area contributed by atoms with Gasteiger partial charge in [-0.2, -0.15) is 0 Å². The van der Waals surface area contributed by atoms with Crippen LogP contribution in [-0.2, 0) is 16.1 Å². The second-order valence-electron chi connectivity index (χ2n) is 3.61. The summed E-state index contributed by atoms with van der Waals surface area (Å²) >= 11 is 0. The molecule has 1 amide bonds. The highest BCUT2D eigenvalue weighted by molar-refractivity contribution is 5.87. The Kier molecular flexibility index (Phi) is 5.29. The fraction of sp³-hybridized carbons (Fsp3) is 0.308. The summed E-state index contributed by atoms with van der Waals surface area (Å²) in [6, 6.07) is 9.92. The van der Waals surface area contributed by atoms with Gasteiger partial charge >= 0.3 is 0 Å². The first kappa shape index (κ1) is 12.5. The normalized spacial score (nSPS) is 11.8. The van der Waals surface area contributed by atoms with Crippen LogP contribution in [0.3, 0.4) is 0 Å². The monoisotopic (exact) mass is 219 g/mol. The molecule has 0 radical (unpaired) electrons. The van der Waals surface area contributed by atoms with Crippen LogP contribution in [0.5, 0.6) is 0 Å². The van der Waals surface area contributed by atoms with Gasteiger partial charge in [0.1, 0.15) is 0 Å². The number of ether oxygens (including phenoxy) is 1. The van der Waals surface area contributed by atoms with E-state index in [-0.39, 0.29) is 11.9 Å². The van der Waals surface area contributed by atoms with Crippen LogP contribution in [0, 0.1) is 0 Å². The van der Waals surface area contributed by atoms with E-state index in [1.54, 1.807) is 0 Å². The number of amides is 1. The van der Waals surface area contributed by atoms with Crippen molar-refractivity contribution in [1.82, 2.24) is 5.32 Å². The topological polar surface area (TPSA) is 38.3 Å². The Labute approximate surface area is 96.1 Å². The molecule has 0 saturated carbocycles. The average Bonchev–Trinajstić information content (AvgIpc) is 2.30. The fourth-order valence-corrected chi connectivity index (χ4v) is 1.27. The molecule has 0 aromatic heterocycles. The van der Waals surface area contributed by atoms with Gasteiger partial charge in [-0.3, -0.25) is 4.79 Å². The van der Waals surface area contributed by atoms with Crippen LogP contribution in [-0.4, -0.2) is 18.6 Å². The van der Waals surface area contributed by atoms with E-state index in [4.69, 9.17) is 4.74 Å². The lowest BCUT2D eigenvalue weighted by Gasteiger charge is -2.12. The Hall–Kier alpha value is -1.61. The van der Waals surface area contributed by atoms with E-state index < -0.39 is 0 Å². The summed E-state index contributed by atoms with van der Waals surface area (Å²) < 4.78 is 5.48. The van der Waals surface area contributed by atoms with Gasteiger partial charge in [0.2, 0.25) is 5.91 Å². The Morgan fingerprint density at radius 2 is 2.19 bits per heavy atom. The predicted octanol–water partition coefficient (Wildman–Crippen LogP) is 1.89. The molecule has 16 heavy (non-hydrogen) atoms. The number of carbonyl (C=O) groups excluding carboxylic acids is 1. The molecule has 0 fully saturated rings. The minimum Gasteiger partial charge on any atom is -0.375 e. The molecule has 1 rings (SSSR count). The number of carbonyl (C=O) groups is 1. The average molecular weight is 219 g/mol. The quantitative estimate of drug-likeness (QED) is 0.742. The maximum atomic E-state index is 11.0. The van der Waals surface area contributed by atoms with E-state index in [9.17, 15) is 4.79 Å². The van der Waals surface area contributed by atoms with Gasteiger partial charge in [-0.25, -0.2) is 0 Å². The van der Waals surface area contributed by atoms with Gasteiger partial charge < -0.3 is 10.1 Å². The van der Waals surface area contributed by atoms with Crippen LogP contribution in [0.4, 0.5) is 0 Å². The lowest BCUT2D eigenvalue weighted by molar-refractivity contribution is -0.117. The van der Waals surface area contributed by atoms with E-state index in [1.807, 2.05) is 37.3 Å². The third-order valence-electron chi connectivity index (χ3n) is 2.05. The Bertz CT molecular complexity index is 335. The van der Waals surface area contributed by atoms with Crippen molar-refractivity contribution in [2.24, 2.45) is 0 Å². The molecule has 86 valence electrons. The molecule has 0 unspecified atom stereocenters. The first-order chi connectivity index (χ1) is 7.72. The highest BCUT2D eigenvalue weighted by atomic mass is 16.5. The summed E-state index contributed by atoms with van der Waals surface area (Å²) in [4.78, 5) is 11.0. The van der Waals surface area contributed by atoms with Gasteiger partial charge in [-0.15, -0.1) is 0 Å². The molecule has 0 aliphatic heterocycles. The summed E-state index contributed by atoms with van der Waals surface area (Å²) in [5, 5.41) is 2.73. The van der Waals surface area contributed by atoms with Crippen LogP contribution < -0.4 is 5.32 Å². The molecular formula is C13H17NO2. The van der Waals surface area contributed by atoms with Gasteiger partial charge in [0.15, 0.2) is 0 Å². The van der Waals surface area contributed by atoms with Crippen molar-refractivity contribution >= 4 is 5.91 Å². The Morgan fingerprint density at radius 3 is 2.81 bits per heavy atom. The molecule has 3 heteroatoms. The molecular weight excluding hydrogens is 202 g/mol. The highest BCUT2D eigenvalue weighted by Gasteiger charge is 2.03. The number of hydrogen-bond donors (Lipinski definition) is 1. The van der Waals surface area contributed by atoms with Crippen LogP contribution in [0.1, 0.15) is 12.5 Å². The van der Waals surface area contributed by atoms with E-state index >= 15 is 0 Å². The Balaban J connectivity index is 2.20. The van der Waals surface area contributed by atoms with Crippen molar-refractivity contribution in [2.75, 3.05) is 6.61 Å². The third kappa shape index (κ3) is 4.75. The molecule has 0 aliphatic rings. The van der Waals surface area contributed by atoms with Gasteiger partial charge in [0, 0.05) is 6.04 Å². The van der Waals surface area contributed by atoms with Gasteiger partial charge in [-0.1, -0.05) is 36.9 Å². The first-order valence-electron chi connectivity index (χ1n) is 5.27. The SMILES string of the molecule is C=CC(=O)N[C@@H](C)COCc1ccccc1. The van der Waals surface area contributed by atoms with Crippen LogP contribution in [0.2, 0.25) is 0 Å². The van der Waals surface area contributed by atoms with E-state index in [0.29, 0.717) is 13.2 Å². The van der Waals surface area contributed by atoms with Crippen LogP contribution in [0.25, 0.3) is 0 Å². The van der Waals surface area contributed by atoms with Crippen molar-refractivity contribution < 1.29 is 9.53 Å². The molecule has 3 nitrogen and oxygen atoms in total. The van der Waals surface area contributed by atoms with Crippen molar-refractivity contribution in [3.05, 3.63) is 48.6 Å². The second kappa shape index (κ2) is 6.80. The number of nitrogens with one attached hydrogen (secondary N) is 1. The van der Waals surface area contributed by atoms with E-state index in [0.717, 1.165) is 5.56 Å². The summed E-state index contributed by atoms with van der Waals surface area (Å²) in [5.41, 5.74) is 1.13. The zero-order valence-electron chi connectivity index (χ0n) is 9.48. The maximum absolute atomic E-state index is 11.0. The summed E-state index contributed by atoms with van der Waals surface area (Å²) in [7, 11) is 0. The molecule has 0 bridgehead atoms. The molecule has 0 aliphatic carbocycles. The van der Waals surface area contributed by atoms with Gasteiger partial charge in [0.25, 0.3) is 0 Å². The molecule has 0 spiro atoms. The van der Waals surface area contributed by atoms with Crippen molar-refractivity contribution in [3.63, 3.8) is 0 Å². The lowest BCUT2D eigenvalue weighted by Crippen LogP contribution is -2.34. The number of hydrogen-bond acceptors (Lipinski definition) is 2. The molecule has 1 N–H and O–H groups in total. The standard InChI is InChI=1S/C13H17NO2/c1-3-13(15)14-11(2)9-16-10-12-7-5-4-6-8-12/h3-8,11H,1,9-10H2,2H3,(H,14,15)/t11-/m0/s1. The second-order valence-corrected chi connectivity index (χ2v) is 3.61. The minimum atomic E-state index is -0.171. The molecule has 1 aromatic carbocycles. The minimum absolute atomic E-state index is 0.00536. The highest BCUT2D eigenvalue weighted by Crippen LogP contribution is 2.00. The van der Waals surface area contributed by atoms with Crippen molar-refractivity contribution in [3.8, 4) is 0 Å². The zero-order chi connectivity index (χ0) is 11.8. The summed E-state index contributed by atoms with van der Waals surface area (Å²) in [6.07, 6.45) is 1.26. The summed E-state index contributed by atoms with van der Waals surface area (Å²) in [5.74, 6) is -0.171. The van der Waals surface area contributed by atoms with Crippen molar-refractivity contribution in [1.29, 1.82) is 0 Å². The van der Waals surface area contributed by atoms with Crippen LogP contribution >= 0.6 is 0 Å². The molecule has 1 aromatic rings. The predicted molar refractivity (Wildman–Crippen MR) is 63.9 cm³/mol. The smallest absolute Gasteiger partial charge is 0.243 e. The number of benzene rings is 1. The fourth-order valence-electron chi connectivity index (χ4n) is 1.27. The van der Waals surface area contributed by atoms with E-state index in [1.165, 1.54) is 6.08 Å². The number of rotatable bonds is 6. The largest absolute Gasteiger partial charge is 0.375 e. The van der Waals surface area contributed by atoms with E-state index in [2.05, 4.69) is 11.9 Å². The van der Waals surface area contributed by atoms with Gasteiger partial charge in [0.05, 0.1) is 13.2 Å². The maximum Gasteiger partial charge on any atom is 0.243 e. The molecule has 0 heterocycles. The zero-order valence-corrected chi connectivity index (χ0v) is 9.48. The van der Waals surface area contributed by atoms with Crippen LogP contribution in [0.15, 0.2) is 43.0 Å². The third-order valence-corrected chi connectivity index (χ3v) is 2.05. The summed E-state index contributed by atoms with van der Waals surface area (Å²) in [6.45, 7) is 6.34. The van der Waals surface area contributed by atoms with Crippen molar-refractivity contribution in [2.45, 2.75) is 19.6 Å². The molecule has 0 saturated heterocycles. The first-order valence-corrected chi connectivity index (χ1v) is 5.27. The molecule has 1 atom stereocenters. The lowest BCUT2D eigenvalue weighted by atomic mass is 10.2. The Morgan fingerprint density at radius 1 is 1.50 bits per heavy atom.